The van der Waals surface area contributed by atoms with Crippen molar-refractivity contribution in [3.63, 3.8) is 0 Å². The topological polar surface area (TPSA) is 42.0 Å². The molecule has 1 N–H and O–H groups in total. The van der Waals surface area contributed by atoms with E-state index >= 15 is 0 Å². The number of nitrogens with zero attached hydrogens (tertiary/aromatic N) is 1. The van der Waals surface area contributed by atoms with Gasteiger partial charge < -0.3 is 5.32 Å². The van der Waals surface area contributed by atoms with E-state index in [4.69, 9.17) is 4.98 Å². The minimum Gasteiger partial charge on any atom is -0.352 e. The first-order valence-corrected chi connectivity index (χ1v) is 9.69. The lowest BCUT2D eigenvalue weighted by Crippen LogP contribution is -2.22. The number of rotatable bonds is 6. The van der Waals surface area contributed by atoms with Gasteiger partial charge >= 0.3 is 0 Å². The molecule has 0 aliphatic carbocycles. The second-order valence-electron chi connectivity index (χ2n) is 5.32. The van der Waals surface area contributed by atoms with Crippen LogP contribution in [0.3, 0.4) is 0 Å². The number of carbonyl (C=O) groups excluding carboxylic acids is 1. The molecule has 0 unspecified atom stereocenters. The molecule has 1 amide bonds. The van der Waals surface area contributed by atoms with Crippen LogP contribution >= 0.6 is 27.3 Å². The zero-order valence-electron chi connectivity index (χ0n) is 13.0. The number of hydrogen-bond acceptors (Lipinski definition) is 3. The minimum absolute atomic E-state index is 0.0587. The highest BCUT2D eigenvalue weighted by atomic mass is 79.9. The quantitative estimate of drug-likeness (QED) is 0.599. The summed E-state index contributed by atoms with van der Waals surface area (Å²) in [5.74, 6) is 0.0587. The fourth-order valence-electron chi connectivity index (χ4n) is 2.29. The molecule has 0 atom stereocenters. The number of halogens is 1. The van der Waals surface area contributed by atoms with E-state index in [1.54, 1.807) is 11.3 Å². The zero-order valence-corrected chi connectivity index (χ0v) is 15.4. The summed E-state index contributed by atoms with van der Waals surface area (Å²) in [6.07, 6.45) is 0.499. The molecular formula is C19H17BrN2OS. The molecule has 0 spiro atoms. The number of benzene rings is 2. The maximum atomic E-state index is 11.5. The van der Waals surface area contributed by atoms with Crippen LogP contribution < -0.4 is 5.32 Å². The molecule has 0 aliphatic rings. The molecule has 3 rings (SSSR count). The lowest BCUT2D eigenvalue weighted by atomic mass is 10.1. The predicted molar refractivity (Wildman–Crippen MR) is 103 cm³/mol. The fourth-order valence-corrected chi connectivity index (χ4v) is 3.48. The van der Waals surface area contributed by atoms with Crippen molar-refractivity contribution in [3.05, 3.63) is 65.5 Å². The Bertz CT molecular complexity index is 800. The van der Waals surface area contributed by atoms with Gasteiger partial charge in [0.2, 0.25) is 5.91 Å². The number of carbonyl (C=O) groups is 1. The first-order chi connectivity index (χ1) is 11.8. The second-order valence-corrected chi connectivity index (χ2v) is 6.97. The highest BCUT2D eigenvalue weighted by Gasteiger charge is 2.07. The van der Waals surface area contributed by atoms with Crippen LogP contribution in [0.15, 0.2) is 60.0 Å². The summed E-state index contributed by atoms with van der Waals surface area (Å²) in [6, 6.07) is 18.4. The molecule has 0 fully saturated rings. The lowest BCUT2D eigenvalue weighted by molar-refractivity contribution is -0.120. The van der Waals surface area contributed by atoms with Gasteiger partial charge in [-0.2, -0.15) is 0 Å². The van der Waals surface area contributed by atoms with Crippen LogP contribution in [0.5, 0.6) is 0 Å². The molecule has 0 saturated carbocycles. The van der Waals surface area contributed by atoms with Crippen molar-refractivity contribution in [1.82, 2.24) is 10.3 Å². The van der Waals surface area contributed by atoms with Crippen molar-refractivity contribution in [3.8, 4) is 21.8 Å². The minimum atomic E-state index is 0.0587. The smallest absolute Gasteiger partial charge is 0.221 e. The summed E-state index contributed by atoms with van der Waals surface area (Å²) < 4.78 is 0. The van der Waals surface area contributed by atoms with Gasteiger partial charge in [-0.3, -0.25) is 4.79 Å². The molecule has 1 heterocycles. The predicted octanol–water partition coefficient (Wildman–Crippen LogP) is 4.88. The van der Waals surface area contributed by atoms with Crippen molar-refractivity contribution in [2.75, 3.05) is 5.33 Å². The van der Waals surface area contributed by atoms with Gasteiger partial charge in [0.25, 0.3) is 0 Å². The Morgan fingerprint density at radius 3 is 2.50 bits per heavy atom. The van der Waals surface area contributed by atoms with Gasteiger partial charge in [-0.25, -0.2) is 4.98 Å². The van der Waals surface area contributed by atoms with Gasteiger partial charge in [0.15, 0.2) is 0 Å². The van der Waals surface area contributed by atoms with Gasteiger partial charge in [-0.1, -0.05) is 70.5 Å². The standard InChI is InChI=1S/C19H17BrN2OS/c20-11-10-18(23)21-12-14-6-8-16(9-7-14)19-22-17(13-24-19)15-4-2-1-3-5-15/h1-9,13H,10-12H2,(H,21,23). The van der Waals surface area contributed by atoms with Gasteiger partial charge in [0.1, 0.15) is 5.01 Å². The Hall–Kier alpha value is -1.98. The van der Waals surface area contributed by atoms with Crippen molar-refractivity contribution in [2.24, 2.45) is 0 Å². The number of thiazole rings is 1. The molecule has 3 nitrogen and oxygen atoms in total. The molecule has 0 saturated heterocycles. The van der Waals surface area contributed by atoms with E-state index in [0.29, 0.717) is 18.3 Å². The monoisotopic (exact) mass is 400 g/mol. The van der Waals surface area contributed by atoms with Gasteiger partial charge in [0.05, 0.1) is 5.69 Å². The number of hydrogen-bond donors (Lipinski definition) is 1. The summed E-state index contributed by atoms with van der Waals surface area (Å²) in [5.41, 5.74) is 4.31. The average molecular weight is 401 g/mol. The molecule has 24 heavy (non-hydrogen) atoms. The van der Waals surface area contributed by atoms with Crippen LogP contribution in [0.4, 0.5) is 0 Å². The first kappa shape index (κ1) is 16.9. The molecule has 2 aromatic carbocycles. The van der Waals surface area contributed by atoms with E-state index in [1.165, 1.54) is 0 Å². The molecular weight excluding hydrogens is 384 g/mol. The van der Waals surface area contributed by atoms with Crippen molar-refractivity contribution in [2.45, 2.75) is 13.0 Å². The lowest BCUT2D eigenvalue weighted by Gasteiger charge is -2.05. The molecule has 5 heteroatoms. The summed E-state index contributed by atoms with van der Waals surface area (Å²) >= 11 is 4.91. The summed E-state index contributed by atoms with van der Waals surface area (Å²) in [5, 5.41) is 6.67. The molecule has 3 aromatic rings. The first-order valence-electron chi connectivity index (χ1n) is 7.69. The number of amides is 1. The van der Waals surface area contributed by atoms with Crippen LogP contribution in [0.2, 0.25) is 0 Å². The van der Waals surface area contributed by atoms with Gasteiger partial charge in [-0.15, -0.1) is 11.3 Å². The van der Waals surface area contributed by atoms with Gasteiger partial charge in [-0.05, 0) is 5.56 Å². The van der Waals surface area contributed by atoms with Crippen molar-refractivity contribution in [1.29, 1.82) is 0 Å². The zero-order chi connectivity index (χ0) is 16.8. The van der Waals surface area contributed by atoms with E-state index in [-0.39, 0.29) is 5.91 Å². The molecule has 0 aliphatic heterocycles. The van der Waals surface area contributed by atoms with Crippen molar-refractivity contribution < 1.29 is 4.79 Å². The summed E-state index contributed by atoms with van der Waals surface area (Å²) in [7, 11) is 0. The Morgan fingerprint density at radius 2 is 1.79 bits per heavy atom. The summed E-state index contributed by atoms with van der Waals surface area (Å²) in [4.78, 5) is 16.2. The largest absolute Gasteiger partial charge is 0.352 e. The Balaban J connectivity index is 1.68. The average Bonchev–Trinajstić information content (AvgIpc) is 3.12. The van der Waals surface area contributed by atoms with Gasteiger partial charge in [0, 0.05) is 34.8 Å². The molecule has 0 bridgehead atoms. The highest BCUT2D eigenvalue weighted by molar-refractivity contribution is 9.09. The Labute approximate surface area is 153 Å². The molecule has 1 aromatic heterocycles. The number of nitrogens with one attached hydrogen (secondary N) is 1. The Morgan fingerprint density at radius 1 is 1.04 bits per heavy atom. The van der Waals surface area contributed by atoms with Crippen LogP contribution in [-0.2, 0) is 11.3 Å². The molecule has 122 valence electrons. The van der Waals surface area contributed by atoms with E-state index in [9.17, 15) is 4.79 Å². The maximum Gasteiger partial charge on any atom is 0.221 e. The second kappa shape index (κ2) is 8.22. The third kappa shape index (κ3) is 4.30. The SMILES string of the molecule is O=C(CCBr)NCc1ccc(-c2nc(-c3ccccc3)cs2)cc1. The number of aromatic nitrogens is 1. The third-order valence-corrected chi connectivity index (χ3v) is 4.87. The van der Waals surface area contributed by atoms with Crippen LogP contribution in [0.25, 0.3) is 21.8 Å². The van der Waals surface area contributed by atoms with E-state index in [1.807, 2.05) is 30.3 Å². The van der Waals surface area contributed by atoms with Crippen molar-refractivity contribution >= 4 is 33.2 Å². The van der Waals surface area contributed by atoms with E-state index < -0.39 is 0 Å². The van der Waals surface area contributed by atoms with Crippen LogP contribution in [-0.4, -0.2) is 16.2 Å². The molecule has 0 radical (unpaired) electrons. The fraction of sp³-hybridized carbons (Fsp3) is 0.158. The Kier molecular flexibility index (Phi) is 5.77. The highest BCUT2D eigenvalue weighted by Crippen LogP contribution is 2.28. The van der Waals surface area contributed by atoms with E-state index in [2.05, 4.69) is 50.9 Å². The summed E-state index contributed by atoms with van der Waals surface area (Å²) in [6.45, 7) is 0.555. The maximum absolute atomic E-state index is 11.5. The normalized spacial score (nSPS) is 10.5. The number of alkyl halides is 1. The van der Waals surface area contributed by atoms with Crippen LogP contribution in [0.1, 0.15) is 12.0 Å². The van der Waals surface area contributed by atoms with Crippen LogP contribution in [0, 0.1) is 0 Å². The van der Waals surface area contributed by atoms with E-state index in [0.717, 1.165) is 27.4 Å². The third-order valence-electron chi connectivity index (χ3n) is 3.59.